The molecule has 0 radical (unpaired) electrons. The number of carbonyl (C=O) groups excluding carboxylic acids is 1. The van der Waals surface area contributed by atoms with Crippen molar-refractivity contribution in [2.24, 2.45) is 0 Å². The predicted octanol–water partition coefficient (Wildman–Crippen LogP) is 4.37. The van der Waals surface area contributed by atoms with Crippen LogP contribution in [0, 0.1) is 13.8 Å². The van der Waals surface area contributed by atoms with Crippen molar-refractivity contribution < 1.29 is 28.3 Å². The van der Waals surface area contributed by atoms with Gasteiger partial charge in [0.25, 0.3) is 5.91 Å². The average Bonchev–Trinajstić information content (AvgIpc) is 3.50. The number of methoxy groups -OCH3 is 1. The van der Waals surface area contributed by atoms with Crippen LogP contribution in [0.25, 0.3) is 0 Å². The largest absolute Gasteiger partial charge is 0.493 e. The number of nitrogens with one attached hydrogen (secondary N) is 1. The summed E-state index contributed by atoms with van der Waals surface area (Å²) in [6.07, 6.45) is 2.32. The van der Waals surface area contributed by atoms with E-state index in [-0.39, 0.29) is 12.0 Å². The third-order valence-corrected chi connectivity index (χ3v) is 5.82. The lowest BCUT2D eigenvalue weighted by Gasteiger charge is -2.13. The van der Waals surface area contributed by atoms with Gasteiger partial charge in [-0.05, 0) is 62.6 Å². The van der Waals surface area contributed by atoms with Gasteiger partial charge >= 0.3 is 0 Å². The molecule has 1 fully saturated rings. The fourth-order valence-electron chi connectivity index (χ4n) is 3.74. The van der Waals surface area contributed by atoms with Gasteiger partial charge in [-0.1, -0.05) is 17.3 Å². The highest BCUT2D eigenvalue weighted by Crippen LogP contribution is 2.29. The first-order valence-corrected chi connectivity index (χ1v) is 11.4. The SMILES string of the molecule is COc1cc(C(=O)NCc2ccc(OCC3CCCO3)cc2)ccc1OCc1c(C)noc1C. The Kier molecular flexibility index (Phi) is 7.69. The molecular weight excluding hydrogens is 436 g/mol. The highest BCUT2D eigenvalue weighted by atomic mass is 16.5. The van der Waals surface area contributed by atoms with Crippen LogP contribution in [0.3, 0.4) is 0 Å². The van der Waals surface area contributed by atoms with Gasteiger partial charge in [0.1, 0.15) is 24.7 Å². The van der Waals surface area contributed by atoms with E-state index in [1.54, 1.807) is 25.3 Å². The summed E-state index contributed by atoms with van der Waals surface area (Å²) in [5, 5.41) is 6.87. The topological polar surface area (TPSA) is 92.1 Å². The Labute approximate surface area is 199 Å². The van der Waals surface area contributed by atoms with Crippen molar-refractivity contribution in [2.75, 3.05) is 20.3 Å². The van der Waals surface area contributed by atoms with Crippen molar-refractivity contribution in [1.82, 2.24) is 10.5 Å². The molecule has 34 heavy (non-hydrogen) atoms. The number of nitrogens with zero attached hydrogens (tertiary/aromatic N) is 1. The standard InChI is InChI=1S/C26H30N2O6/c1-17-23(18(2)34-28-17)16-33-24-11-8-20(13-25(24)30-3)26(29)27-14-19-6-9-21(10-7-19)32-15-22-5-4-12-31-22/h6-11,13,22H,4-5,12,14-16H2,1-3H3,(H,27,29). The van der Waals surface area contributed by atoms with Gasteiger partial charge in [0.05, 0.1) is 24.5 Å². The molecule has 1 aliphatic heterocycles. The Bertz CT molecular complexity index is 1080. The number of aryl methyl sites for hydroxylation is 2. The van der Waals surface area contributed by atoms with Crippen molar-refractivity contribution in [3.8, 4) is 17.2 Å². The van der Waals surface area contributed by atoms with Crippen molar-refractivity contribution in [1.29, 1.82) is 0 Å². The smallest absolute Gasteiger partial charge is 0.251 e. The second-order valence-corrected chi connectivity index (χ2v) is 8.23. The quantitative estimate of drug-likeness (QED) is 0.474. The third kappa shape index (κ3) is 5.88. The molecule has 1 amide bonds. The highest BCUT2D eigenvalue weighted by Gasteiger charge is 2.16. The minimum Gasteiger partial charge on any atom is -0.493 e. The highest BCUT2D eigenvalue weighted by molar-refractivity contribution is 5.94. The summed E-state index contributed by atoms with van der Waals surface area (Å²) in [7, 11) is 1.54. The lowest BCUT2D eigenvalue weighted by Crippen LogP contribution is -2.22. The summed E-state index contributed by atoms with van der Waals surface area (Å²) in [6.45, 7) is 5.79. The molecular formula is C26H30N2O6. The number of carbonyl (C=O) groups is 1. The summed E-state index contributed by atoms with van der Waals surface area (Å²) in [6, 6.07) is 12.8. The lowest BCUT2D eigenvalue weighted by molar-refractivity contribution is 0.0679. The molecule has 2 aromatic carbocycles. The molecule has 0 spiro atoms. The Morgan fingerprint density at radius 1 is 1.12 bits per heavy atom. The van der Waals surface area contributed by atoms with Crippen molar-refractivity contribution in [2.45, 2.75) is 45.9 Å². The Morgan fingerprint density at radius 2 is 1.94 bits per heavy atom. The van der Waals surface area contributed by atoms with E-state index in [4.69, 9.17) is 23.5 Å². The molecule has 1 unspecified atom stereocenters. The number of benzene rings is 2. The molecule has 180 valence electrons. The molecule has 1 N–H and O–H groups in total. The van der Waals surface area contributed by atoms with Crippen LogP contribution >= 0.6 is 0 Å². The lowest BCUT2D eigenvalue weighted by atomic mass is 10.1. The maximum Gasteiger partial charge on any atom is 0.251 e. The van der Waals surface area contributed by atoms with Crippen molar-refractivity contribution >= 4 is 5.91 Å². The van der Waals surface area contributed by atoms with E-state index in [2.05, 4.69) is 10.5 Å². The molecule has 1 saturated heterocycles. The Balaban J connectivity index is 1.30. The maximum absolute atomic E-state index is 12.7. The molecule has 1 aromatic heterocycles. The van der Waals surface area contributed by atoms with Gasteiger partial charge in [-0.25, -0.2) is 0 Å². The van der Waals surface area contributed by atoms with Gasteiger partial charge in [0.2, 0.25) is 0 Å². The second-order valence-electron chi connectivity index (χ2n) is 8.23. The van der Waals surface area contributed by atoms with Crippen LogP contribution in [0.5, 0.6) is 17.2 Å². The summed E-state index contributed by atoms with van der Waals surface area (Å²) in [5.74, 6) is 2.33. The van der Waals surface area contributed by atoms with Crippen LogP contribution in [-0.4, -0.2) is 37.5 Å². The minimum atomic E-state index is -0.200. The number of hydrogen-bond donors (Lipinski definition) is 1. The van der Waals surface area contributed by atoms with E-state index < -0.39 is 0 Å². The van der Waals surface area contributed by atoms with Crippen LogP contribution in [0.4, 0.5) is 0 Å². The molecule has 0 bridgehead atoms. The fraction of sp³-hybridized carbons (Fsp3) is 0.385. The van der Waals surface area contributed by atoms with Crippen LogP contribution < -0.4 is 19.5 Å². The zero-order valence-electron chi connectivity index (χ0n) is 19.8. The average molecular weight is 467 g/mol. The molecule has 4 rings (SSSR count). The minimum absolute atomic E-state index is 0.184. The van der Waals surface area contributed by atoms with E-state index >= 15 is 0 Å². The van der Waals surface area contributed by atoms with Crippen LogP contribution in [-0.2, 0) is 17.9 Å². The molecule has 8 heteroatoms. The maximum atomic E-state index is 12.7. The molecule has 1 atom stereocenters. The Hall–Kier alpha value is -3.52. The normalized spacial score (nSPS) is 15.2. The van der Waals surface area contributed by atoms with Gasteiger partial charge in [0.15, 0.2) is 11.5 Å². The van der Waals surface area contributed by atoms with Gasteiger partial charge in [-0.2, -0.15) is 0 Å². The molecule has 0 aliphatic carbocycles. The number of ether oxygens (including phenoxy) is 4. The number of aromatic nitrogens is 1. The predicted molar refractivity (Wildman–Crippen MR) is 125 cm³/mol. The van der Waals surface area contributed by atoms with E-state index in [0.29, 0.717) is 36.8 Å². The van der Waals surface area contributed by atoms with E-state index in [0.717, 1.165) is 47.8 Å². The van der Waals surface area contributed by atoms with Crippen molar-refractivity contribution in [3.05, 3.63) is 70.6 Å². The molecule has 8 nitrogen and oxygen atoms in total. The number of amides is 1. The van der Waals surface area contributed by atoms with Crippen LogP contribution in [0.1, 0.15) is 45.8 Å². The first-order valence-electron chi connectivity index (χ1n) is 11.4. The van der Waals surface area contributed by atoms with Gasteiger partial charge in [-0.3, -0.25) is 4.79 Å². The first-order chi connectivity index (χ1) is 16.5. The van der Waals surface area contributed by atoms with E-state index in [1.807, 2.05) is 38.1 Å². The summed E-state index contributed by atoms with van der Waals surface area (Å²) in [5.41, 5.74) is 3.14. The van der Waals surface area contributed by atoms with Gasteiger partial charge in [-0.15, -0.1) is 0 Å². The summed E-state index contributed by atoms with van der Waals surface area (Å²) in [4.78, 5) is 12.7. The monoisotopic (exact) mass is 466 g/mol. The zero-order chi connectivity index (χ0) is 23.9. The van der Waals surface area contributed by atoms with Crippen LogP contribution in [0.15, 0.2) is 47.0 Å². The zero-order valence-corrected chi connectivity index (χ0v) is 19.8. The van der Waals surface area contributed by atoms with Gasteiger partial charge in [0, 0.05) is 18.7 Å². The number of hydrogen-bond acceptors (Lipinski definition) is 7. The van der Waals surface area contributed by atoms with Crippen LogP contribution in [0.2, 0.25) is 0 Å². The van der Waals surface area contributed by atoms with Crippen molar-refractivity contribution in [3.63, 3.8) is 0 Å². The second kappa shape index (κ2) is 11.1. The summed E-state index contributed by atoms with van der Waals surface area (Å²) < 4.78 is 27.8. The molecule has 2 heterocycles. The first kappa shape index (κ1) is 23.6. The fourth-order valence-corrected chi connectivity index (χ4v) is 3.74. The molecule has 1 aliphatic rings. The molecule has 3 aromatic rings. The Morgan fingerprint density at radius 3 is 2.62 bits per heavy atom. The third-order valence-electron chi connectivity index (χ3n) is 5.82. The summed E-state index contributed by atoms with van der Waals surface area (Å²) >= 11 is 0. The molecule has 0 saturated carbocycles. The van der Waals surface area contributed by atoms with Gasteiger partial charge < -0.3 is 28.8 Å². The number of rotatable bonds is 10. The van der Waals surface area contributed by atoms with E-state index in [9.17, 15) is 4.79 Å². The van der Waals surface area contributed by atoms with E-state index in [1.165, 1.54) is 0 Å².